The Morgan fingerprint density at radius 1 is 1.05 bits per heavy atom. The van der Waals surface area contributed by atoms with Crippen molar-refractivity contribution in [2.24, 2.45) is 5.10 Å². The van der Waals surface area contributed by atoms with Gasteiger partial charge in [-0.05, 0) is 100 Å². The van der Waals surface area contributed by atoms with Crippen LogP contribution in [0, 0.1) is 13.7 Å². The van der Waals surface area contributed by atoms with E-state index in [0.29, 0.717) is 28.0 Å². The first-order chi connectivity index (χ1) is 19.9. The lowest BCUT2D eigenvalue weighted by molar-refractivity contribution is -0.384. The quantitative estimate of drug-likeness (QED) is 0.0729. The molecule has 6 aromatic rings. The van der Waals surface area contributed by atoms with Crippen LogP contribution in [0.25, 0.3) is 33.5 Å². The van der Waals surface area contributed by atoms with Gasteiger partial charge in [0.25, 0.3) is 11.2 Å². The lowest BCUT2D eigenvalue weighted by Gasteiger charge is -2.09. The summed E-state index contributed by atoms with van der Waals surface area (Å²) in [6.45, 7) is 0.261. The second kappa shape index (κ2) is 11.3. The van der Waals surface area contributed by atoms with Gasteiger partial charge >= 0.3 is 0 Å². The molecule has 0 aliphatic carbocycles. The van der Waals surface area contributed by atoms with Crippen molar-refractivity contribution in [1.29, 1.82) is 0 Å². The lowest BCUT2D eigenvalue weighted by atomic mass is 10.2. The first-order valence-corrected chi connectivity index (χ1v) is 14.1. The second-order valence-electron chi connectivity index (χ2n) is 9.01. The van der Waals surface area contributed by atoms with Gasteiger partial charge in [0.05, 0.1) is 25.6 Å². The zero-order valence-corrected chi connectivity index (χ0v) is 24.8. The van der Waals surface area contributed by atoms with E-state index in [1.54, 1.807) is 36.5 Å². The number of nitrogens with zero attached hydrogens (tertiary/aromatic N) is 4. The van der Waals surface area contributed by atoms with Gasteiger partial charge in [0.2, 0.25) is 5.82 Å². The van der Waals surface area contributed by atoms with Crippen LogP contribution in [0.4, 0.5) is 5.69 Å². The SMILES string of the molecule is O=c1c2ccccc2nc(-c2cc3cc(Br)ccc3o2)n1N=Cc1ccc(OCc2ccc([N+](=O)[O-])cc2)c(I)c1. The molecule has 0 bridgehead atoms. The fourth-order valence-corrected chi connectivity index (χ4v) is 5.30. The van der Waals surface area contributed by atoms with E-state index < -0.39 is 4.92 Å². The Morgan fingerprint density at radius 3 is 2.63 bits per heavy atom. The van der Waals surface area contributed by atoms with Gasteiger partial charge in [-0.1, -0.05) is 28.1 Å². The Balaban J connectivity index is 1.31. The molecule has 0 unspecified atom stereocenters. The van der Waals surface area contributed by atoms with Crippen LogP contribution in [0.3, 0.4) is 0 Å². The Hall–Kier alpha value is -4.36. The molecule has 202 valence electrons. The molecule has 0 fully saturated rings. The van der Waals surface area contributed by atoms with Crippen LogP contribution >= 0.6 is 38.5 Å². The van der Waals surface area contributed by atoms with Crippen LogP contribution in [-0.2, 0) is 6.61 Å². The number of rotatable bonds is 7. The van der Waals surface area contributed by atoms with E-state index in [1.807, 2.05) is 48.5 Å². The van der Waals surface area contributed by atoms with Crippen molar-refractivity contribution in [1.82, 2.24) is 9.66 Å². The molecule has 2 aromatic heterocycles. The molecule has 41 heavy (non-hydrogen) atoms. The van der Waals surface area contributed by atoms with E-state index in [-0.39, 0.29) is 23.7 Å². The molecule has 0 aliphatic heterocycles. The number of furan rings is 1. The molecule has 0 radical (unpaired) electrons. The van der Waals surface area contributed by atoms with Crippen molar-refractivity contribution in [3.8, 4) is 17.3 Å². The second-order valence-corrected chi connectivity index (χ2v) is 11.1. The van der Waals surface area contributed by atoms with Crippen LogP contribution in [0.15, 0.2) is 110 Å². The molecule has 2 heterocycles. The third kappa shape index (κ3) is 5.63. The zero-order valence-electron chi connectivity index (χ0n) is 21.0. The minimum absolute atomic E-state index is 0.0317. The topological polar surface area (TPSA) is 113 Å². The maximum absolute atomic E-state index is 13.5. The van der Waals surface area contributed by atoms with Crippen LogP contribution in [0.1, 0.15) is 11.1 Å². The molecule has 0 saturated carbocycles. The number of hydrogen-bond acceptors (Lipinski definition) is 7. The molecule has 9 nitrogen and oxygen atoms in total. The van der Waals surface area contributed by atoms with E-state index in [0.717, 1.165) is 24.6 Å². The smallest absolute Gasteiger partial charge is 0.282 e. The molecule has 0 N–H and O–H groups in total. The molecule has 0 spiro atoms. The fraction of sp³-hybridized carbons (Fsp3) is 0.0333. The van der Waals surface area contributed by atoms with Crippen molar-refractivity contribution in [3.63, 3.8) is 0 Å². The van der Waals surface area contributed by atoms with Crippen molar-refractivity contribution < 1.29 is 14.1 Å². The molecule has 0 amide bonds. The predicted octanol–water partition coefficient (Wildman–Crippen LogP) is 7.55. The van der Waals surface area contributed by atoms with Gasteiger partial charge in [0.1, 0.15) is 17.9 Å². The van der Waals surface area contributed by atoms with Crippen molar-refractivity contribution in [2.75, 3.05) is 0 Å². The maximum Gasteiger partial charge on any atom is 0.282 e. The molecule has 4 aromatic carbocycles. The fourth-order valence-electron chi connectivity index (χ4n) is 4.23. The van der Waals surface area contributed by atoms with Crippen LogP contribution in [0.5, 0.6) is 5.75 Å². The molecule has 0 saturated heterocycles. The average molecular weight is 721 g/mol. The number of fused-ring (bicyclic) bond motifs is 2. The summed E-state index contributed by atoms with van der Waals surface area (Å²) in [6.07, 6.45) is 1.59. The molecule has 0 atom stereocenters. The summed E-state index contributed by atoms with van der Waals surface area (Å²) in [5, 5.41) is 16.7. The third-order valence-electron chi connectivity index (χ3n) is 6.27. The van der Waals surface area contributed by atoms with Gasteiger partial charge in [-0.2, -0.15) is 9.78 Å². The maximum atomic E-state index is 13.5. The van der Waals surface area contributed by atoms with Gasteiger partial charge in [0.15, 0.2) is 5.76 Å². The van der Waals surface area contributed by atoms with Crippen LogP contribution in [0.2, 0.25) is 0 Å². The van der Waals surface area contributed by atoms with Gasteiger partial charge in [0, 0.05) is 22.0 Å². The number of para-hydroxylation sites is 1. The summed E-state index contributed by atoms with van der Waals surface area (Å²) in [5.74, 6) is 1.36. The van der Waals surface area contributed by atoms with Crippen LogP contribution in [-0.4, -0.2) is 20.8 Å². The number of halogens is 2. The number of aromatic nitrogens is 2. The number of hydrogen-bond donors (Lipinski definition) is 0. The van der Waals surface area contributed by atoms with Crippen molar-refractivity contribution in [2.45, 2.75) is 6.61 Å². The van der Waals surface area contributed by atoms with Crippen molar-refractivity contribution in [3.05, 3.63) is 131 Å². The van der Waals surface area contributed by atoms with Crippen LogP contribution < -0.4 is 10.3 Å². The molecule has 11 heteroatoms. The Labute approximate surface area is 254 Å². The minimum Gasteiger partial charge on any atom is -0.488 e. The summed E-state index contributed by atoms with van der Waals surface area (Å²) >= 11 is 5.65. The number of non-ortho nitro benzene ring substituents is 1. The summed E-state index contributed by atoms with van der Waals surface area (Å²) in [4.78, 5) is 28.7. The summed E-state index contributed by atoms with van der Waals surface area (Å²) in [7, 11) is 0. The Morgan fingerprint density at radius 2 is 1.85 bits per heavy atom. The Kier molecular flexibility index (Phi) is 7.37. The molecular formula is C30H18BrIN4O5. The minimum atomic E-state index is -0.436. The van der Waals surface area contributed by atoms with Gasteiger partial charge in [-0.15, -0.1) is 0 Å². The van der Waals surface area contributed by atoms with Gasteiger partial charge in [-0.25, -0.2) is 4.98 Å². The first kappa shape index (κ1) is 26.8. The highest BCUT2D eigenvalue weighted by Gasteiger charge is 2.17. The average Bonchev–Trinajstić information content (AvgIpc) is 3.39. The van der Waals surface area contributed by atoms with Crippen molar-refractivity contribution >= 4 is 72.3 Å². The molecule has 6 rings (SSSR count). The summed E-state index contributed by atoms with van der Waals surface area (Å²) in [5.41, 5.74) is 2.48. The first-order valence-electron chi connectivity index (χ1n) is 12.3. The number of nitro benzene ring substituents is 1. The normalized spacial score (nSPS) is 11.5. The van der Waals surface area contributed by atoms with E-state index in [2.05, 4.69) is 43.6 Å². The number of benzene rings is 4. The van der Waals surface area contributed by atoms with E-state index in [4.69, 9.17) is 14.1 Å². The van der Waals surface area contributed by atoms with E-state index in [1.165, 1.54) is 16.8 Å². The lowest BCUT2D eigenvalue weighted by Crippen LogP contribution is -2.20. The number of ether oxygens (including phenoxy) is 1. The Bertz CT molecular complexity index is 2040. The highest BCUT2D eigenvalue weighted by molar-refractivity contribution is 14.1. The highest BCUT2D eigenvalue weighted by atomic mass is 127. The molecular weight excluding hydrogens is 703 g/mol. The van der Waals surface area contributed by atoms with Gasteiger partial charge < -0.3 is 9.15 Å². The zero-order chi connectivity index (χ0) is 28.5. The standard InChI is InChI=1S/C30H18BrIN4O5/c31-21-8-12-26-20(14-21)15-28(41-26)29-34-25-4-2-1-3-23(25)30(37)35(29)33-16-19-7-11-27(24(32)13-19)40-17-18-5-9-22(10-6-18)36(38)39/h1-16H,17H2. The number of nitro groups is 1. The van der Waals surface area contributed by atoms with Gasteiger partial charge in [-0.3, -0.25) is 14.9 Å². The molecule has 0 aliphatic rings. The highest BCUT2D eigenvalue weighted by Crippen LogP contribution is 2.29. The summed E-state index contributed by atoms with van der Waals surface area (Å²) in [6, 6.07) is 26.4. The monoisotopic (exact) mass is 720 g/mol. The summed E-state index contributed by atoms with van der Waals surface area (Å²) < 4.78 is 15.0. The largest absolute Gasteiger partial charge is 0.488 e. The van der Waals surface area contributed by atoms with E-state index >= 15 is 0 Å². The van der Waals surface area contributed by atoms with E-state index in [9.17, 15) is 14.9 Å². The predicted molar refractivity (Wildman–Crippen MR) is 168 cm³/mol. The third-order valence-corrected chi connectivity index (χ3v) is 7.61.